The van der Waals surface area contributed by atoms with Crippen LogP contribution < -0.4 is 0 Å². The van der Waals surface area contributed by atoms with Gasteiger partial charge in [0.2, 0.25) is 0 Å². The predicted molar refractivity (Wildman–Crippen MR) is 88.7 cm³/mol. The molecule has 19 heavy (non-hydrogen) atoms. The Morgan fingerprint density at radius 1 is 0.947 bits per heavy atom. The van der Waals surface area contributed by atoms with Crippen LogP contribution in [-0.2, 0) is 13.3 Å². The van der Waals surface area contributed by atoms with Crippen molar-refractivity contribution in [3.63, 3.8) is 0 Å². The van der Waals surface area contributed by atoms with Crippen LogP contribution in [0.1, 0.15) is 31.9 Å². The van der Waals surface area contributed by atoms with Crippen molar-refractivity contribution in [1.29, 1.82) is 0 Å². The molecule has 0 saturated heterocycles. The number of rotatable bonds is 9. The molecule has 3 nitrogen and oxygen atoms in total. The van der Waals surface area contributed by atoms with Crippen molar-refractivity contribution in [2.75, 3.05) is 24.2 Å². The molecule has 1 aromatic rings. The number of benzene rings is 1. The molecule has 0 spiro atoms. The summed E-state index contributed by atoms with van der Waals surface area (Å²) in [6, 6.07) is 10.4. The van der Waals surface area contributed by atoms with Crippen molar-refractivity contribution < 1.29 is 13.3 Å². The van der Waals surface area contributed by atoms with Crippen molar-refractivity contribution >= 4 is 31.4 Å². The summed E-state index contributed by atoms with van der Waals surface area (Å²) in [5.41, 5.74) is 1.42. The molecule has 1 aromatic carbocycles. The third-order valence-corrected chi connectivity index (χ3v) is 8.00. The van der Waals surface area contributed by atoms with E-state index < -0.39 is 8.80 Å². The summed E-state index contributed by atoms with van der Waals surface area (Å²) in [5.74, 6) is 0. The molecule has 0 amide bonds. The molecule has 0 heterocycles. The van der Waals surface area contributed by atoms with E-state index in [-0.39, 0.29) is 5.54 Å². The molecule has 0 bridgehead atoms. The van der Waals surface area contributed by atoms with E-state index in [9.17, 15) is 0 Å². The third-order valence-electron chi connectivity index (χ3n) is 2.82. The molecule has 108 valence electrons. The van der Waals surface area contributed by atoms with Gasteiger partial charge in [0.05, 0.1) is 5.54 Å². The Bertz CT molecular complexity index is 331. The second-order valence-corrected chi connectivity index (χ2v) is 7.67. The first kappa shape index (κ1) is 17.1. The van der Waals surface area contributed by atoms with Gasteiger partial charge in [-0.15, -0.1) is 0 Å². The van der Waals surface area contributed by atoms with Crippen LogP contribution in [0.25, 0.3) is 0 Å². The fourth-order valence-corrected chi connectivity index (χ4v) is 7.08. The molecule has 0 aliphatic heterocycles. The van der Waals surface area contributed by atoms with Crippen molar-refractivity contribution in [3.05, 3.63) is 35.9 Å². The van der Waals surface area contributed by atoms with Gasteiger partial charge < -0.3 is 13.3 Å². The van der Waals surface area contributed by atoms with Gasteiger partial charge in [0.1, 0.15) is 0 Å². The summed E-state index contributed by atoms with van der Waals surface area (Å²) in [7, 11) is -2.67. The average Bonchev–Trinajstić information content (AvgIpc) is 2.41. The summed E-state index contributed by atoms with van der Waals surface area (Å²) in [4.78, 5) is 0. The number of halogens is 1. The SMILES string of the molecule is CCO[Si](OCC)(OCC)C(CI)c1ccccc1. The van der Waals surface area contributed by atoms with E-state index in [1.807, 2.05) is 26.8 Å². The first-order valence-electron chi connectivity index (χ1n) is 6.76. The molecule has 0 aromatic heterocycles. The van der Waals surface area contributed by atoms with Crippen molar-refractivity contribution in [3.8, 4) is 0 Å². The highest BCUT2D eigenvalue weighted by Crippen LogP contribution is 2.32. The molecule has 0 aliphatic rings. The minimum atomic E-state index is -2.67. The fourth-order valence-electron chi connectivity index (χ4n) is 2.10. The Labute approximate surface area is 131 Å². The van der Waals surface area contributed by atoms with Gasteiger partial charge in [-0.1, -0.05) is 52.9 Å². The molecular formula is C14H23IO3Si. The highest BCUT2D eigenvalue weighted by atomic mass is 127. The Hall–Kier alpha value is 0.0469. The molecule has 0 radical (unpaired) electrons. The highest BCUT2D eigenvalue weighted by molar-refractivity contribution is 14.1. The van der Waals surface area contributed by atoms with E-state index in [4.69, 9.17) is 13.3 Å². The minimum Gasteiger partial charge on any atom is -0.373 e. The summed E-state index contributed by atoms with van der Waals surface area (Å²) in [5, 5.41) is 0. The first-order valence-corrected chi connectivity index (χ1v) is 10.1. The molecule has 1 atom stereocenters. The lowest BCUT2D eigenvalue weighted by molar-refractivity contribution is 0.0641. The monoisotopic (exact) mass is 394 g/mol. The van der Waals surface area contributed by atoms with E-state index >= 15 is 0 Å². The van der Waals surface area contributed by atoms with Gasteiger partial charge in [0.15, 0.2) is 0 Å². The normalized spacial score (nSPS) is 13.5. The second-order valence-electron chi connectivity index (χ2n) is 4.02. The van der Waals surface area contributed by atoms with Crippen molar-refractivity contribution in [2.24, 2.45) is 0 Å². The number of hydrogen-bond acceptors (Lipinski definition) is 3. The Balaban J connectivity index is 3.10. The molecular weight excluding hydrogens is 371 g/mol. The minimum absolute atomic E-state index is 0.189. The molecule has 0 N–H and O–H groups in total. The van der Waals surface area contributed by atoms with Gasteiger partial charge >= 0.3 is 8.80 Å². The second kappa shape index (κ2) is 9.07. The van der Waals surface area contributed by atoms with Crippen LogP contribution >= 0.6 is 22.6 Å². The van der Waals surface area contributed by atoms with Gasteiger partial charge in [0, 0.05) is 24.2 Å². The Morgan fingerprint density at radius 2 is 1.42 bits per heavy atom. The zero-order valence-electron chi connectivity index (χ0n) is 11.9. The largest absolute Gasteiger partial charge is 0.509 e. The maximum absolute atomic E-state index is 6.01. The van der Waals surface area contributed by atoms with E-state index in [0.29, 0.717) is 19.8 Å². The zero-order chi connectivity index (χ0) is 14.1. The van der Waals surface area contributed by atoms with E-state index in [1.54, 1.807) is 0 Å². The molecule has 0 fully saturated rings. The Kier molecular flexibility index (Phi) is 8.16. The maximum Gasteiger partial charge on any atom is 0.509 e. The highest BCUT2D eigenvalue weighted by Gasteiger charge is 2.49. The van der Waals surface area contributed by atoms with Crippen LogP contribution in [0, 0.1) is 0 Å². The number of alkyl halides is 1. The van der Waals surface area contributed by atoms with Crippen LogP contribution in [0.5, 0.6) is 0 Å². The summed E-state index contributed by atoms with van der Waals surface area (Å²) >= 11 is 2.39. The average molecular weight is 394 g/mol. The summed E-state index contributed by atoms with van der Waals surface area (Å²) in [6.07, 6.45) is 0. The molecule has 5 heteroatoms. The van der Waals surface area contributed by atoms with E-state index in [0.717, 1.165) is 4.43 Å². The standard InChI is InChI=1S/C14H23IO3Si/c1-4-16-19(17-5-2,18-6-3)14(12-15)13-10-8-7-9-11-13/h7-11,14H,4-6,12H2,1-3H3. The van der Waals surface area contributed by atoms with Crippen molar-refractivity contribution in [2.45, 2.75) is 26.3 Å². The summed E-state index contributed by atoms with van der Waals surface area (Å²) in [6.45, 7) is 7.84. The van der Waals surface area contributed by atoms with Crippen LogP contribution in [0.3, 0.4) is 0 Å². The maximum atomic E-state index is 6.01. The van der Waals surface area contributed by atoms with E-state index in [2.05, 4.69) is 46.9 Å². The van der Waals surface area contributed by atoms with Crippen LogP contribution in [0.15, 0.2) is 30.3 Å². The molecule has 1 rings (SSSR count). The van der Waals surface area contributed by atoms with Gasteiger partial charge in [-0.3, -0.25) is 0 Å². The van der Waals surface area contributed by atoms with Gasteiger partial charge in [0.25, 0.3) is 0 Å². The lowest BCUT2D eigenvalue weighted by Crippen LogP contribution is -2.52. The molecule has 0 aliphatic carbocycles. The topological polar surface area (TPSA) is 27.7 Å². The van der Waals surface area contributed by atoms with Crippen molar-refractivity contribution in [1.82, 2.24) is 0 Å². The number of hydrogen-bond donors (Lipinski definition) is 0. The lowest BCUT2D eigenvalue weighted by atomic mass is 10.2. The smallest absolute Gasteiger partial charge is 0.373 e. The Morgan fingerprint density at radius 3 is 1.79 bits per heavy atom. The van der Waals surface area contributed by atoms with E-state index in [1.165, 1.54) is 5.56 Å². The fraction of sp³-hybridized carbons (Fsp3) is 0.571. The van der Waals surface area contributed by atoms with Gasteiger partial charge in [-0.05, 0) is 26.3 Å². The first-order chi connectivity index (χ1) is 9.24. The molecule has 0 saturated carbocycles. The predicted octanol–water partition coefficient (Wildman–Crippen LogP) is 3.79. The van der Waals surface area contributed by atoms with Crippen LogP contribution in [-0.4, -0.2) is 33.1 Å². The third kappa shape index (κ3) is 4.52. The zero-order valence-corrected chi connectivity index (χ0v) is 15.1. The van der Waals surface area contributed by atoms with Crippen LogP contribution in [0.2, 0.25) is 0 Å². The summed E-state index contributed by atoms with van der Waals surface area (Å²) < 4.78 is 18.9. The van der Waals surface area contributed by atoms with Gasteiger partial charge in [-0.2, -0.15) is 0 Å². The quantitative estimate of drug-likeness (QED) is 0.362. The van der Waals surface area contributed by atoms with Crippen LogP contribution in [0.4, 0.5) is 0 Å². The van der Waals surface area contributed by atoms with Gasteiger partial charge in [-0.25, -0.2) is 0 Å². The lowest BCUT2D eigenvalue weighted by Gasteiger charge is -2.34. The molecule has 1 unspecified atom stereocenters.